The average Bonchev–Trinajstić information content (AvgIpc) is 2.26. The van der Waals surface area contributed by atoms with Crippen molar-refractivity contribution in [2.45, 2.75) is 12.3 Å². The third-order valence-corrected chi connectivity index (χ3v) is 3.97. The number of halogens is 2. The van der Waals surface area contributed by atoms with Crippen molar-refractivity contribution in [3.63, 3.8) is 0 Å². The van der Waals surface area contributed by atoms with Crippen LogP contribution in [0.15, 0.2) is 30.3 Å². The van der Waals surface area contributed by atoms with Gasteiger partial charge in [-0.2, -0.15) is 0 Å². The topological polar surface area (TPSA) is 60.2 Å². The van der Waals surface area contributed by atoms with Crippen molar-refractivity contribution >= 4 is 9.84 Å². The molecule has 3 nitrogen and oxygen atoms in total. The minimum Gasteiger partial charge on any atom is -0.330 e. The Hall–Kier alpha value is -1.01. The lowest BCUT2D eigenvalue weighted by molar-refractivity contribution is 0.0213. The molecule has 0 unspecified atom stereocenters. The van der Waals surface area contributed by atoms with E-state index < -0.39 is 21.5 Å². The summed E-state index contributed by atoms with van der Waals surface area (Å²) in [6.45, 7) is 0.177. The molecule has 0 aliphatic carbocycles. The molecular weight excluding hydrogens is 248 g/mol. The van der Waals surface area contributed by atoms with Crippen LogP contribution in [0.3, 0.4) is 0 Å². The van der Waals surface area contributed by atoms with Crippen LogP contribution < -0.4 is 5.73 Å². The molecule has 0 saturated heterocycles. The molecule has 6 heteroatoms. The highest BCUT2D eigenvalue weighted by atomic mass is 32.2. The molecule has 2 N–H and O–H groups in total. The summed E-state index contributed by atoms with van der Waals surface area (Å²) < 4.78 is 50.2. The molecule has 17 heavy (non-hydrogen) atoms. The number of hydrogen-bond acceptors (Lipinski definition) is 3. The fourth-order valence-electron chi connectivity index (χ4n) is 1.42. The fraction of sp³-hybridized carbons (Fsp3) is 0.455. The van der Waals surface area contributed by atoms with Crippen LogP contribution in [-0.2, 0) is 15.8 Å². The van der Waals surface area contributed by atoms with E-state index in [1.54, 1.807) is 6.07 Å². The first-order valence-electron chi connectivity index (χ1n) is 5.21. The van der Waals surface area contributed by atoms with E-state index in [0.717, 1.165) is 0 Å². The molecule has 96 valence electrons. The molecule has 0 aromatic heterocycles. The summed E-state index contributed by atoms with van der Waals surface area (Å²) in [4.78, 5) is 0. The van der Waals surface area contributed by atoms with Gasteiger partial charge in [-0.1, -0.05) is 30.3 Å². The van der Waals surface area contributed by atoms with Gasteiger partial charge in [0.2, 0.25) is 0 Å². The van der Waals surface area contributed by atoms with Crippen molar-refractivity contribution < 1.29 is 17.2 Å². The fourth-order valence-corrected chi connectivity index (χ4v) is 2.89. The zero-order valence-electron chi connectivity index (χ0n) is 9.27. The van der Waals surface area contributed by atoms with E-state index in [2.05, 4.69) is 0 Å². The van der Waals surface area contributed by atoms with Crippen LogP contribution in [0.1, 0.15) is 12.0 Å². The Kier molecular flexibility index (Phi) is 4.59. The Morgan fingerprint density at radius 1 is 1.18 bits per heavy atom. The Balaban J connectivity index is 2.80. The zero-order chi connectivity index (χ0) is 12.9. The minimum atomic E-state index is -3.78. The van der Waals surface area contributed by atoms with Crippen molar-refractivity contribution in [3.05, 3.63) is 35.9 Å². The van der Waals surface area contributed by atoms with E-state index in [0.29, 0.717) is 0 Å². The van der Waals surface area contributed by atoms with E-state index in [9.17, 15) is 17.2 Å². The van der Waals surface area contributed by atoms with Crippen LogP contribution in [0, 0.1) is 0 Å². The van der Waals surface area contributed by atoms with Crippen LogP contribution in [0.25, 0.3) is 0 Å². The van der Waals surface area contributed by atoms with E-state index in [4.69, 9.17) is 5.73 Å². The van der Waals surface area contributed by atoms with E-state index in [1.165, 1.54) is 24.3 Å². The van der Waals surface area contributed by atoms with Gasteiger partial charge in [0.25, 0.3) is 5.92 Å². The Morgan fingerprint density at radius 2 is 1.76 bits per heavy atom. The molecule has 0 bridgehead atoms. The highest BCUT2D eigenvalue weighted by Gasteiger charge is 2.36. The number of alkyl halides is 2. The summed E-state index contributed by atoms with van der Waals surface area (Å²) in [5.74, 6) is -4.81. The van der Waals surface area contributed by atoms with Gasteiger partial charge in [0.05, 0.1) is 5.75 Å². The highest BCUT2D eigenvalue weighted by molar-refractivity contribution is 7.91. The zero-order valence-corrected chi connectivity index (χ0v) is 10.1. The second-order valence-electron chi connectivity index (χ2n) is 3.80. The average molecular weight is 263 g/mol. The number of nitrogens with two attached hydrogens (primary N) is 1. The van der Waals surface area contributed by atoms with Gasteiger partial charge in [-0.05, 0) is 13.0 Å². The quantitative estimate of drug-likeness (QED) is 0.847. The minimum absolute atomic E-state index is 0.177. The van der Waals surface area contributed by atoms with Gasteiger partial charge in [-0.3, -0.25) is 0 Å². The predicted molar refractivity (Wildman–Crippen MR) is 62.7 cm³/mol. The lowest BCUT2D eigenvalue weighted by atomic mass is 10.1. The van der Waals surface area contributed by atoms with Crippen molar-refractivity contribution in [2.24, 2.45) is 5.73 Å². The Labute approximate surface area is 99.6 Å². The molecule has 0 aliphatic rings. The van der Waals surface area contributed by atoms with Gasteiger partial charge in [0.15, 0.2) is 9.84 Å². The number of rotatable bonds is 6. The summed E-state index contributed by atoms with van der Waals surface area (Å²) in [5, 5.41) is 0. The van der Waals surface area contributed by atoms with Crippen LogP contribution in [-0.4, -0.2) is 26.5 Å². The Morgan fingerprint density at radius 3 is 2.29 bits per heavy atom. The Bertz CT molecular complexity index is 446. The summed E-state index contributed by atoms with van der Waals surface area (Å²) in [5.41, 5.74) is 4.88. The van der Waals surface area contributed by atoms with Crippen LogP contribution in [0.2, 0.25) is 0 Å². The van der Waals surface area contributed by atoms with E-state index in [1.807, 2.05) is 0 Å². The first-order valence-corrected chi connectivity index (χ1v) is 7.03. The lowest BCUT2D eigenvalue weighted by Gasteiger charge is -2.16. The molecule has 0 fully saturated rings. The van der Waals surface area contributed by atoms with Crippen LogP contribution >= 0.6 is 0 Å². The molecule has 0 amide bonds. The standard InChI is InChI=1S/C11H15F2NO2S/c12-11(13,10-5-2-1-3-6-10)9-17(15,16)8-4-7-14/h1-3,5-6H,4,7-9,14H2. The second kappa shape index (κ2) is 5.55. The van der Waals surface area contributed by atoms with Gasteiger partial charge in [-0.25, -0.2) is 17.2 Å². The number of hydrogen-bond donors (Lipinski definition) is 1. The summed E-state index contributed by atoms with van der Waals surface area (Å²) >= 11 is 0. The summed E-state index contributed by atoms with van der Waals surface area (Å²) in [6, 6.07) is 6.95. The first kappa shape index (κ1) is 14.1. The largest absolute Gasteiger partial charge is 0.330 e. The maximum Gasteiger partial charge on any atom is 0.287 e. The van der Waals surface area contributed by atoms with Crippen LogP contribution in [0.4, 0.5) is 8.78 Å². The molecule has 1 aromatic carbocycles. The maximum atomic E-state index is 13.7. The maximum absolute atomic E-state index is 13.7. The molecular formula is C11H15F2NO2S. The lowest BCUT2D eigenvalue weighted by Crippen LogP contribution is -2.28. The highest BCUT2D eigenvalue weighted by Crippen LogP contribution is 2.29. The molecule has 1 rings (SSSR count). The SMILES string of the molecule is NCCCS(=O)(=O)CC(F)(F)c1ccccc1. The van der Waals surface area contributed by atoms with Gasteiger partial charge in [0.1, 0.15) is 5.75 Å². The first-order chi connectivity index (χ1) is 7.87. The monoisotopic (exact) mass is 263 g/mol. The second-order valence-corrected chi connectivity index (χ2v) is 5.99. The van der Waals surface area contributed by atoms with Gasteiger partial charge < -0.3 is 5.73 Å². The normalized spacial score (nSPS) is 12.6. The number of benzene rings is 1. The van der Waals surface area contributed by atoms with Gasteiger partial charge in [0, 0.05) is 5.56 Å². The summed E-state index contributed by atoms with van der Waals surface area (Å²) in [7, 11) is -3.78. The van der Waals surface area contributed by atoms with Crippen molar-refractivity contribution in [2.75, 3.05) is 18.1 Å². The molecule has 1 aromatic rings. The van der Waals surface area contributed by atoms with Crippen molar-refractivity contribution in [1.29, 1.82) is 0 Å². The van der Waals surface area contributed by atoms with Gasteiger partial charge in [-0.15, -0.1) is 0 Å². The van der Waals surface area contributed by atoms with Crippen LogP contribution in [0.5, 0.6) is 0 Å². The molecule has 0 saturated carbocycles. The smallest absolute Gasteiger partial charge is 0.287 e. The number of sulfone groups is 1. The van der Waals surface area contributed by atoms with Gasteiger partial charge >= 0.3 is 0 Å². The molecule has 0 heterocycles. The van der Waals surface area contributed by atoms with Crippen molar-refractivity contribution in [1.82, 2.24) is 0 Å². The molecule has 0 radical (unpaired) electrons. The molecule has 0 atom stereocenters. The molecule has 0 spiro atoms. The van der Waals surface area contributed by atoms with E-state index >= 15 is 0 Å². The summed E-state index contributed by atoms with van der Waals surface area (Å²) in [6.07, 6.45) is 0.202. The third-order valence-electron chi connectivity index (χ3n) is 2.26. The van der Waals surface area contributed by atoms with Crippen molar-refractivity contribution in [3.8, 4) is 0 Å². The van der Waals surface area contributed by atoms with E-state index in [-0.39, 0.29) is 24.3 Å². The molecule has 0 aliphatic heterocycles. The predicted octanol–water partition coefficient (Wildman–Crippen LogP) is 1.54. The third kappa shape index (κ3) is 4.40.